The Morgan fingerprint density at radius 2 is 2.25 bits per heavy atom. The van der Waals surface area contributed by atoms with Crippen molar-refractivity contribution in [2.45, 2.75) is 23.8 Å². The number of nitrogens with zero attached hydrogens (tertiary/aromatic N) is 3. The molecule has 2 rings (SSSR count). The molecule has 0 bridgehead atoms. The van der Waals surface area contributed by atoms with Crippen molar-refractivity contribution in [1.82, 2.24) is 14.6 Å². The van der Waals surface area contributed by atoms with Crippen LogP contribution in [0.1, 0.15) is 12.8 Å². The first-order valence-electron chi connectivity index (χ1n) is 6.22. The van der Waals surface area contributed by atoms with E-state index in [4.69, 9.17) is 0 Å². The zero-order valence-electron chi connectivity index (χ0n) is 11.0. The van der Waals surface area contributed by atoms with E-state index in [1.807, 2.05) is 0 Å². The molecule has 1 saturated heterocycles. The third kappa shape index (κ3) is 2.94. The number of likely N-dealkylation sites (N-methyl/N-ethyl adjacent to an activating group) is 1. The second-order valence-corrected chi connectivity index (χ2v) is 6.63. The third-order valence-electron chi connectivity index (χ3n) is 3.37. The predicted molar refractivity (Wildman–Crippen MR) is 71.7 cm³/mol. The fourth-order valence-corrected chi connectivity index (χ4v) is 3.47. The van der Waals surface area contributed by atoms with Gasteiger partial charge in [0.1, 0.15) is 4.90 Å². The number of hydrogen-bond acceptors (Lipinski definition) is 6. The molecular weight excluding hydrogens is 284 g/mol. The maximum Gasteiger partial charge on any atom is 0.363 e. The number of aromatic nitrogens is 1. The van der Waals surface area contributed by atoms with Crippen molar-refractivity contribution in [2.24, 2.45) is 0 Å². The van der Waals surface area contributed by atoms with Gasteiger partial charge in [0.2, 0.25) is 10.0 Å². The van der Waals surface area contributed by atoms with Crippen molar-refractivity contribution in [3.63, 3.8) is 0 Å². The van der Waals surface area contributed by atoms with Crippen molar-refractivity contribution in [3.8, 4) is 0 Å². The van der Waals surface area contributed by atoms with Crippen LogP contribution < -0.4 is 5.32 Å². The van der Waals surface area contributed by atoms with Crippen LogP contribution in [0.15, 0.2) is 23.2 Å². The van der Waals surface area contributed by atoms with E-state index < -0.39 is 14.9 Å². The highest BCUT2D eigenvalue weighted by Gasteiger charge is 2.30. The van der Waals surface area contributed by atoms with Crippen LogP contribution in [0.5, 0.6) is 0 Å². The van der Waals surface area contributed by atoms with E-state index in [0.29, 0.717) is 6.54 Å². The van der Waals surface area contributed by atoms with Gasteiger partial charge < -0.3 is 15.4 Å². The van der Waals surface area contributed by atoms with Gasteiger partial charge >= 0.3 is 5.82 Å². The molecule has 20 heavy (non-hydrogen) atoms. The zero-order valence-corrected chi connectivity index (χ0v) is 11.8. The van der Waals surface area contributed by atoms with Gasteiger partial charge in [-0.3, -0.25) is 0 Å². The maximum absolute atomic E-state index is 12.4. The minimum atomic E-state index is -3.67. The van der Waals surface area contributed by atoms with E-state index in [-0.39, 0.29) is 16.8 Å². The van der Waals surface area contributed by atoms with E-state index >= 15 is 0 Å². The molecule has 1 aromatic heterocycles. The number of rotatable bonds is 4. The van der Waals surface area contributed by atoms with E-state index in [2.05, 4.69) is 10.3 Å². The summed E-state index contributed by atoms with van der Waals surface area (Å²) in [6, 6.07) is 2.21. The molecule has 0 aromatic carbocycles. The summed E-state index contributed by atoms with van der Waals surface area (Å²) in [6.07, 6.45) is 2.74. The zero-order chi connectivity index (χ0) is 14.8. The lowest BCUT2D eigenvalue weighted by Gasteiger charge is -2.30. The Morgan fingerprint density at radius 3 is 2.75 bits per heavy atom. The number of pyridine rings is 1. The molecule has 1 unspecified atom stereocenters. The smallest absolute Gasteiger partial charge is 0.358 e. The molecule has 9 heteroatoms. The number of sulfonamides is 1. The molecule has 0 aliphatic carbocycles. The lowest BCUT2D eigenvalue weighted by atomic mass is 10.1. The molecule has 1 atom stereocenters. The Morgan fingerprint density at radius 1 is 1.50 bits per heavy atom. The minimum Gasteiger partial charge on any atom is -0.358 e. The number of nitrogens with one attached hydrogen (secondary N) is 1. The van der Waals surface area contributed by atoms with E-state index in [9.17, 15) is 18.5 Å². The minimum absolute atomic E-state index is 0.0313. The quantitative estimate of drug-likeness (QED) is 0.636. The van der Waals surface area contributed by atoms with Gasteiger partial charge in [0, 0.05) is 25.7 Å². The average molecular weight is 300 g/mol. The van der Waals surface area contributed by atoms with Crippen molar-refractivity contribution in [3.05, 3.63) is 28.4 Å². The Labute approximate surface area is 117 Å². The SMILES string of the molecule is CN(C1CCCNC1)S(=O)(=O)c1ccc([N+](=O)[O-])nc1. The summed E-state index contributed by atoms with van der Waals surface area (Å²) in [4.78, 5) is 13.4. The Kier molecular flexibility index (Phi) is 4.31. The largest absolute Gasteiger partial charge is 0.363 e. The second kappa shape index (κ2) is 5.81. The number of nitro groups is 1. The summed E-state index contributed by atoms with van der Waals surface area (Å²) in [5, 5.41) is 13.7. The molecule has 0 saturated carbocycles. The highest BCUT2D eigenvalue weighted by molar-refractivity contribution is 7.89. The Hall–Kier alpha value is -1.58. The van der Waals surface area contributed by atoms with Gasteiger partial charge in [0.15, 0.2) is 6.20 Å². The molecule has 110 valence electrons. The Bertz CT molecular complexity index is 581. The summed E-state index contributed by atoms with van der Waals surface area (Å²) in [7, 11) is -2.15. The predicted octanol–water partition coefficient (Wildman–Crippen LogP) is 0.362. The second-order valence-electron chi connectivity index (χ2n) is 4.63. The van der Waals surface area contributed by atoms with Crippen LogP contribution in [0.2, 0.25) is 0 Å². The molecule has 1 aliphatic heterocycles. The van der Waals surface area contributed by atoms with Crippen molar-refractivity contribution in [1.29, 1.82) is 0 Å². The summed E-state index contributed by atoms with van der Waals surface area (Å²) < 4.78 is 26.1. The fraction of sp³-hybridized carbons (Fsp3) is 0.545. The lowest BCUT2D eigenvalue weighted by molar-refractivity contribution is -0.389. The molecule has 0 radical (unpaired) electrons. The van der Waals surface area contributed by atoms with Gasteiger partial charge in [-0.15, -0.1) is 0 Å². The van der Waals surface area contributed by atoms with Gasteiger partial charge in [-0.2, -0.15) is 4.31 Å². The Balaban J connectivity index is 2.22. The van der Waals surface area contributed by atoms with Gasteiger partial charge in [-0.1, -0.05) is 0 Å². The van der Waals surface area contributed by atoms with E-state index in [1.54, 1.807) is 0 Å². The van der Waals surface area contributed by atoms with Crippen LogP contribution in [-0.4, -0.2) is 48.8 Å². The van der Waals surface area contributed by atoms with E-state index in [0.717, 1.165) is 31.6 Å². The number of piperidine rings is 1. The monoisotopic (exact) mass is 300 g/mol. The summed E-state index contributed by atoms with van der Waals surface area (Å²) in [5.41, 5.74) is 0. The first-order chi connectivity index (χ1) is 9.43. The summed E-state index contributed by atoms with van der Waals surface area (Å²) >= 11 is 0. The highest BCUT2D eigenvalue weighted by Crippen LogP contribution is 2.20. The molecular formula is C11H16N4O4S. The van der Waals surface area contributed by atoms with Crippen LogP contribution in [-0.2, 0) is 10.0 Å². The van der Waals surface area contributed by atoms with Crippen LogP contribution in [0.3, 0.4) is 0 Å². The molecule has 1 fully saturated rings. The normalized spacial score (nSPS) is 20.0. The van der Waals surface area contributed by atoms with E-state index in [1.165, 1.54) is 17.4 Å². The molecule has 1 aromatic rings. The van der Waals surface area contributed by atoms with Gasteiger partial charge in [-0.05, 0) is 35.4 Å². The molecule has 1 N–H and O–H groups in total. The standard InChI is InChI=1S/C11H16N4O4S/c1-14(9-3-2-6-12-7-9)20(18,19)10-4-5-11(13-8-10)15(16)17/h4-5,8-9,12H,2-3,6-7H2,1H3. The van der Waals surface area contributed by atoms with Gasteiger partial charge in [-0.25, -0.2) is 8.42 Å². The molecule has 0 spiro atoms. The number of hydrogen-bond donors (Lipinski definition) is 1. The maximum atomic E-state index is 12.4. The molecule has 0 amide bonds. The topological polar surface area (TPSA) is 105 Å². The highest BCUT2D eigenvalue weighted by atomic mass is 32.2. The van der Waals surface area contributed by atoms with Crippen LogP contribution in [0, 0.1) is 10.1 Å². The first-order valence-corrected chi connectivity index (χ1v) is 7.66. The summed E-state index contributed by atoms with van der Waals surface area (Å²) in [6.45, 7) is 1.50. The molecule has 8 nitrogen and oxygen atoms in total. The van der Waals surface area contributed by atoms with Crippen molar-refractivity contribution >= 4 is 15.8 Å². The average Bonchev–Trinajstić information content (AvgIpc) is 2.47. The third-order valence-corrected chi connectivity index (χ3v) is 5.26. The molecule has 1 aliphatic rings. The van der Waals surface area contributed by atoms with Gasteiger partial charge in [0.25, 0.3) is 0 Å². The van der Waals surface area contributed by atoms with Crippen molar-refractivity contribution < 1.29 is 13.3 Å². The summed E-state index contributed by atoms with van der Waals surface area (Å²) in [5.74, 6) is -0.370. The van der Waals surface area contributed by atoms with Crippen molar-refractivity contribution in [2.75, 3.05) is 20.1 Å². The first kappa shape index (κ1) is 14.8. The van der Waals surface area contributed by atoms with Gasteiger partial charge in [0.05, 0.1) is 0 Å². The van der Waals surface area contributed by atoms with Crippen LogP contribution >= 0.6 is 0 Å². The lowest BCUT2D eigenvalue weighted by Crippen LogP contribution is -2.46. The molecule has 2 heterocycles. The van der Waals surface area contributed by atoms with Crippen LogP contribution in [0.25, 0.3) is 0 Å². The fourth-order valence-electron chi connectivity index (χ4n) is 2.14. The van der Waals surface area contributed by atoms with Crippen LogP contribution in [0.4, 0.5) is 5.82 Å².